The Kier molecular flexibility index (Phi) is 7.36. The molecule has 1 aromatic carbocycles. The molecule has 2 rings (SSSR count). The SMILES string of the molecule is COc1ccc(/C=C2\SC(=S)N([C@@H](CCSC)C(=O)O)C2=O)c(OC)c1. The molecule has 6 nitrogen and oxygen atoms in total. The van der Waals surface area contributed by atoms with Gasteiger partial charge in [-0.15, -0.1) is 0 Å². The van der Waals surface area contributed by atoms with Gasteiger partial charge in [0.2, 0.25) is 0 Å². The van der Waals surface area contributed by atoms with Crippen LogP contribution >= 0.6 is 35.7 Å². The molecular weight excluding hydrogens is 394 g/mol. The van der Waals surface area contributed by atoms with E-state index in [4.69, 9.17) is 21.7 Å². The van der Waals surface area contributed by atoms with Crippen LogP contribution in [0.1, 0.15) is 12.0 Å². The van der Waals surface area contributed by atoms with Crippen LogP contribution in [-0.2, 0) is 9.59 Å². The van der Waals surface area contributed by atoms with Gasteiger partial charge in [-0.1, -0.05) is 24.0 Å². The van der Waals surface area contributed by atoms with Gasteiger partial charge >= 0.3 is 5.97 Å². The number of carbonyl (C=O) groups excluding carboxylic acids is 1. The Bertz CT molecular complexity index is 750. The first-order valence-electron chi connectivity index (χ1n) is 7.63. The zero-order chi connectivity index (χ0) is 19.3. The van der Waals surface area contributed by atoms with E-state index in [1.807, 2.05) is 6.26 Å². The lowest BCUT2D eigenvalue weighted by atomic mass is 10.1. The molecule has 0 spiro atoms. The summed E-state index contributed by atoms with van der Waals surface area (Å²) in [5.74, 6) is 0.352. The molecule has 0 radical (unpaired) electrons. The average Bonchev–Trinajstić information content (AvgIpc) is 2.89. The number of ether oxygens (including phenoxy) is 2. The first-order valence-corrected chi connectivity index (χ1v) is 10.3. The van der Waals surface area contributed by atoms with Crippen LogP contribution in [0.3, 0.4) is 0 Å². The molecule has 0 saturated carbocycles. The van der Waals surface area contributed by atoms with Gasteiger partial charge in [-0.25, -0.2) is 4.79 Å². The lowest BCUT2D eigenvalue weighted by Crippen LogP contribution is -2.44. The Morgan fingerprint density at radius 1 is 1.42 bits per heavy atom. The van der Waals surface area contributed by atoms with E-state index in [-0.39, 0.29) is 4.32 Å². The Morgan fingerprint density at radius 2 is 2.15 bits per heavy atom. The molecule has 140 valence electrons. The minimum atomic E-state index is -1.06. The summed E-state index contributed by atoms with van der Waals surface area (Å²) in [7, 11) is 3.08. The fourth-order valence-electron chi connectivity index (χ4n) is 2.42. The number of carbonyl (C=O) groups is 2. The maximum absolute atomic E-state index is 12.8. The van der Waals surface area contributed by atoms with Gasteiger partial charge in [-0.3, -0.25) is 9.69 Å². The summed E-state index contributed by atoms with van der Waals surface area (Å²) >= 11 is 7.89. The molecule has 1 saturated heterocycles. The van der Waals surface area contributed by atoms with Crippen molar-refractivity contribution in [3.05, 3.63) is 28.7 Å². The molecule has 1 aliphatic rings. The highest BCUT2D eigenvalue weighted by Crippen LogP contribution is 2.36. The van der Waals surface area contributed by atoms with Crippen molar-refractivity contribution in [3.63, 3.8) is 0 Å². The minimum absolute atomic E-state index is 0.252. The number of benzene rings is 1. The van der Waals surface area contributed by atoms with E-state index in [9.17, 15) is 14.7 Å². The van der Waals surface area contributed by atoms with Crippen LogP contribution in [0.5, 0.6) is 11.5 Å². The van der Waals surface area contributed by atoms with Crippen LogP contribution < -0.4 is 9.47 Å². The molecule has 1 fully saturated rings. The summed E-state index contributed by atoms with van der Waals surface area (Å²) in [4.78, 5) is 25.9. The number of aliphatic carboxylic acids is 1. The monoisotopic (exact) mass is 413 g/mol. The second-order valence-electron chi connectivity index (χ2n) is 5.30. The average molecular weight is 414 g/mol. The second-order valence-corrected chi connectivity index (χ2v) is 7.96. The van der Waals surface area contributed by atoms with Crippen LogP contribution in [0.2, 0.25) is 0 Å². The number of thioether (sulfide) groups is 2. The Morgan fingerprint density at radius 3 is 2.73 bits per heavy atom. The predicted octanol–water partition coefficient (Wildman–Crippen LogP) is 3.11. The third-order valence-corrected chi connectivity index (χ3v) is 5.72. The Hall–Kier alpha value is -1.71. The number of rotatable bonds is 8. The van der Waals surface area contributed by atoms with Crippen LogP contribution in [0.25, 0.3) is 6.08 Å². The summed E-state index contributed by atoms with van der Waals surface area (Å²) in [6.45, 7) is 0. The van der Waals surface area contributed by atoms with Crippen molar-refractivity contribution in [1.29, 1.82) is 0 Å². The van der Waals surface area contributed by atoms with E-state index in [2.05, 4.69) is 0 Å². The third kappa shape index (κ3) is 4.52. The fourth-order valence-corrected chi connectivity index (χ4v) is 4.23. The van der Waals surface area contributed by atoms with Crippen molar-refractivity contribution < 1.29 is 24.2 Å². The van der Waals surface area contributed by atoms with E-state index in [0.717, 1.165) is 11.8 Å². The van der Waals surface area contributed by atoms with Crippen molar-refractivity contribution in [3.8, 4) is 11.5 Å². The van der Waals surface area contributed by atoms with E-state index in [1.165, 1.54) is 23.8 Å². The van der Waals surface area contributed by atoms with Crippen molar-refractivity contribution in [2.45, 2.75) is 12.5 Å². The van der Waals surface area contributed by atoms with Gasteiger partial charge in [0.1, 0.15) is 21.9 Å². The molecule has 0 unspecified atom stereocenters. The number of amides is 1. The molecule has 0 bridgehead atoms. The first-order chi connectivity index (χ1) is 12.4. The molecule has 9 heteroatoms. The zero-order valence-corrected chi connectivity index (χ0v) is 17.0. The second kappa shape index (κ2) is 9.29. The quantitative estimate of drug-likeness (QED) is 0.515. The van der Waals surface area contributed by atoms with Crippen molar-refractivity contribution in [2.75, 3.05) is 26.2 Å². The molecule has 1 amide bonds. The molecule has 1 aromatic rings. The van der Waals surface area contributed by atoms with Gasteiger partial charge in [0.05, 0.1) is 19.1 Å². The maximum Gasteiger partial charge on any atom is 0.326 e. The van der Waals surface area contributed by atoms with Crippen molar-refractivity contribution in [1.82, 2.24) is 4.90 Å². The standard InChI is InChI=1S/C17H19NO5S3/c1-22-11-5-4-10(13(9-11)23-2)8-14-15(19)18(17(24)26-14)12(16(20)21)6-7-25-3/h4-5,8-9,12H,6-7H2,1-3H3,(H,20,21)/b14-8-/t12-/m0/s1. The van der Waals surface area contributed by atoms with Crippen molar-refractivity contribution in [2.24, 2.45) is 0 Å². The maximum atomic E-state index is 12.8. The van der Waals surface area contributed by atoms with Gasteiger partial charge < -0.3 is 14.6 Å². The Labute approximate surface area is 165 Å². The molecule has 0 aliphatic carbocycles. The van der Waals surface area contributed by atoms with E-state index >= 15 is 0 Å². The van der Waals surface area contributed by atoms with E-state index in [1.54, 1.807) is 31.4 Å². The summed E-state index contributed by atoms with van der Waals surface area (Å²) in [5, 5.41) is 9.49. The predicted molar refractivity (Wildman–Crippen MR) is 109 cm³/mol. The number of hydrogen-bond donors (Lipinski definition) is 1. The first kappa shape index (κ1) is 20.6. The summed E-state index contributed by atoms with van der Waals surface area (Å²) < 4.78 is 10.8. The number of hydrogen-bond acceptors (Lipinski definition) is 7. The molecule has 26 heavy (non-hydrogen) atoms. The number of nitrogens with zero attached hydrogens (tertiary/aromatic N) is 1. The molecule has 1 N–H and O–H groups in total. The smallest absolute Gasteiger partial charge is 0.326 e. The zero-order valence-electron chi connectivity index (χ0n) is 14.6. The third-order valence-electron chi connectivity index (χ3n) is 3.74. The normalized spacial score (nSPS) is 16.9. The highest BCUT2D eigenvalue weighted by Gasteiger charge is 2.40. The number of carboxylic acids is 1. The lowest BCUT2D eigenvalue weighted by molar-refractivity contribution is -0.145. The minimum Gasteiger partial charge on any atom is -0.497 e. The lowest BCUT2D eigenvalue weighted by Gasteiger charge is -2.22. The van der Waals surface area contributed by atoms with Gasteiger partial charge in [0.15, 0.2) is 0 Å². The molecule has 0 aromatic heterocycles. The largest absolute Gasteiger partial charge is 0.497 e. The van der Waals surface area contributed by atoms with Crippen LogP contribution in [0.4, 0.5) is 0 Å². The number of thiocarbonyl (C=S) groups is 1. The van der Waals surface area contributed by atoms with Gasteiger partial charge in [0, 0.05) is 11.6 Å². The molecule has 1 atom stereocenters. The molecular formula is C17H19NO5S3. The van der Waals surface area contributed by atoms with Gasteiger partial charge in [0.25, 0.3) is 5.91 Å². The number of carboxylic acid groups (broad SMARTS) is 1. The van der Waals surface area contributed by atoms with Gasteiger partial charge in [-0.2, -0.15) is 11.8 Å². The molecule has 1 heterocycles. The fraction of sp³-hybridized carbons (Fsp3) is 0.353. The summed E-state index contributed by atoms with van der Waals surface area (Å²) in [6, 6.07) is 4.28. The van der Waals surface area contributed by atoms with E-state index < -0.39 is 17.9 Å². The van der Waals surface area contributed by atoms with Crippen LogP contribution in [0.15, 0.2) is 23.1 Å². The summed E-state index contributed by atoms with van der Waals surface area (Å²) in [6.07, 6.45) is 3.88. The Balaban J connectivity index is 2.33. The molecule has 1 aliphatic heterocycles. The van der Waals surface area contributed by atoms with Crippen LogP contribution in [-0.4, -0.2) is 58.5 Å². The van der Waals surface area contributed by atoms with Crippen molar-refractivity contribution >= 4 is 58.0 Å². The highest BCUT2D eigenvalue weighted by atomic mass is 32.2. The number of methoxy groups -OCH3 is 2. The summed E-state index contributed by atoms with van der Waals surface area (Å²) in [5.41, 5.74) is 0.685. The van der Waals surface area contributed by atoms with Crippen LogP contribution in [0, 0.1) is 0 Å². The van der Waals surface area contributed by atoms with Gasteiger partial charge in [-0.05, 0) is 36.6 Å². The van der Waals surface area contributed by atoms with E-state index in [0.29, 0.717) is 34.1 Å². The highest BCUT2D eigenvalue weighted by molar-refractivity contribution is 8.26. The topological polar surface area (TPSA) is 76.1 Å².